The molecule has 1 aliphatic heterocycles. The molecule has 126 valence electrons. The molecule has 3 rings (SSSR count). The molecule has 1 N–H and O–H groups in total. The summed E-state index contributed by atoms with van der Waals surface area (Å²) in [4.78, 5) is 26.4. The summed E-state index contributed by atoms with van der Waals surface area (Å²) in [6, 6.07) is 13.0. The predicted molar refractivity (Wildman–Crippen MR) is 94.1 cm³/mol. The number of nitrogens with one attached hydrogen (secondary N) is 1. The number of urea groups is 1. The van der Waals surface area contributed by atoms with Crippen molar-refractivity contribution in [2.75, 3.05) is 0 Å². The molecule has 2 aromatic rings. The number of benzene rings is 2. The largest absolute Gasteiger partial charge is 0.325 e. The Hall–Kier alpha value is -2.55. The van der Waals surface area contributed by atoms with Crippen molar-refractivity contribution in [2.45, 2.75) is 19.0 Å². The zero-order valence-electron chi connectivity index (χ0n) is 13.2. The van der Waals surface area contributed by atoms with Crippen LogP contribution in [0.5, 0.6) is 0 Å². The first-order chi connectivity index (χ1) is 11.8. The van der Waals surface area contributed by atoms with Crippen LogP contribution in [0.3, 0.4) is 0 Å². The molecule has 1 atom stereocenters. The number of halogens is 2. The van der Waals surface area contributed by atoms with Crippen LogP contribution in [0.2, 0.25) is 10.0 Å². The van der Waals surface area contributed by atoms with E-state index in [4.69, 9.17) is 28.5 Å². The second-order valence-corrected chi connectivity index (χ2v) is 6.72. The van der Waals surface area contributed by atoms with Crippen molar-refractivity contribution in [2.24, 2.45) is 0 Å². The van der Waals surface area contributed by atoms with Crippen LogP contribution in [0.25, 0.3) is 0 Å². The SMILES string of the molecule is C[C@]1(c2ccc(Cl)cc2Cl)NC(=O)N(Cc2ccc(C#N)cc2)C1=O. The smallest absolute Gasteiger partial charge is 0.319 e. The summed E-state index contributed by atoms with van der Waals surface area (Å²) < 4.78 is 0. The molecule has 1 fully saturated rings. The second kappa shape index (κ2) is 6.40. The summed E-state index contributed by atoms with van der Waals surface area (Å²) in [5.74, 6) is -0.397. The highest BCUT2D eigenvalue weighted by atomic mass is 35.5. The summed E-state index contributed by atoms with van der Waals surface area (Å²) in [6.07, 6.45) is 0. The van der Waals surface area contributed by atoms with Crippen molar-refractivity contribution in [3.05, 3.63) is 69.2 Å². The third-order valence-corrected chi connectivity index (χ3v) is 4.72. The molecule has 0 saturated carbocycles. The van der Waals surface area contributed by atoms with Crippen LogP contribution in [0.15, 0.2) is 42.5 Å². The van der Waals surface area contributed by atoms with Crippen molar-refractivity contribution in [1.29, 1.82) is 5.26 Å². The average Bonchev–Trinajstić information content (AvgIpc) is 2.79. The van der Waals surface area contributed by atoms with Gasteiger partial charge in [0.1, 0.15) is 5.54 Å². The lowest BCUT2D eigenvalue weighted by Crippen LogP contribution is -2.41. The molecule has 0 unspecified atom stereocenters. The lowest BCUT2D eigenvalue weighted by molar-refractivity contribution is -0.131. The Morgan fingerprint density at radius 2 is 1.84 bits per heavy atom. The second-order valence-electron chi connectivity index (χ2n) is 5.88. The van der Waals surface area contributed by atoms with Crippen LogP contribution < -0.4 is 5.32 Å². The van der Waals surface area contributed by atoms with Crippen LogP contribution in [0, 0.1) is 11.3 Å². The molecule has 0 aromatic heterocycles. The van der Waals surface area contributed by atoms with Crippen LogP contribution in [-0.4, -0.2) is 16.8 Å². The summed E-state index contributed by atoms with van der Waals surface area (Å²) in [6.45, 7) is 1.72. The summed E-state index contributed by atoms with van der Waals surface area (Å²) >= 11 is 12.1. The van der Waals surface area contributed by atoms with Gasteiger partial charge in [0.15, 0.2) is 0 Å². The van der Waals surface area contributed by atoms with Gasteiger partial charge in [0.05, 0.1) is 18.2 Å². The Labute approximate surface area is 154 Å². The number of nitrogens with zero attached hydrogens (tertiary/aromatic N) is 2. The fourth-order valence-electron chi connectivity index (χ4n) is 2.79. The summed E-state index contributed by atoms with van der Waals surface area (Å²) in [5, 5.41) is 12.3. The van der Waals surface area contributed by atoms with Crippen molar-refractivity contribution in [3.8, 4) is 6.07 Å². The minimum absolute atomic E-state index is 0.108. The first-order valence-corrected chi connectivity index (χ1v) is 8.19. The molecule has 3 amide bonds. The van der Waals surface area contributed by atoms with Gasteiger partial charge in [0.2, 0.25) is 0 Å². The molecule has 0 radical (unpaired) electrons. The molecule has 1 aliphatic rings. The van der Waals surface area contributed by atoms with E-state index in [1.165, 1.54) is 6.07 Å². The fraction of sp³-hybridized carbons (Fsp3) is 0.167. The fourth-order valence-corrected chi connectivity index (χ4v) is 3.38. The quantitative estimate of drug-likeness (QED) is 0.830. The molecule has 7 heteroatoms. The number of rotatable bonds is 3. The van der Waals surface area contributed by atoms with E-state index in [0.29, 0.717) is 21.2 Å². The minimum atomic E-state index is -1.26. The number of hydrogen-bond acceptors (Lipinski definition) is 3. The molecule has 25 heavy (non-hydrogen) atoms. The number of hydrogen-bond donors (Lipinski definition) is 1. The number of carbonyl (C=O) groups is 2. The Morgan fingerprint density at radius 1 is 1.16 bits per heavy atom. The lowest BCUT2D eigenvalue weighted by Gasteiger charge is -2.23. The Kier molecular flexibility index (Phi) is 4.42. The topological polar surface area (TPSA) is 73.2 Å². The van der Waals surface area contributed by atoms with Gasteiger partial charge in [-0.05, 0) is 36.8 Å². The van der Waals surface area contributed by atoms with E-state index in [1.807, 2.05) is 6.07 Å². The van der Waals surface area contributed by atoms with Crippen molar-refractivity contribution in [1.82, 2.24) is 10.2 Å². The number of nitriles is 1. The molecular formula is C18H13Cl2N3O2. The van der Waals surface area contributed by atoms with Gasteiger partial charge < -0.3 is 5.32 Å². The van der Waals surface area contributed by atoms with E-state index in [9.17, 15) is 9.59 Å². The van der Waals surface area contributed by atoms with Gasteiger partial charge >= 0.3 is 6.03 Å². The van der Waals surface area contributed by atoms with E-state index in [1.54, 1.807) is 43.3 Å². The number of carbonyl (C=O) groups excluding carboxylic acids is 2. The highest BCUT2D eigenvalue weighted by molar-refractivity contribution is 6.35. The summed E-state index contributed by atoms with van der Waals surface area (Å²) in [7, 11) is 0. The zero-order valence-corrected chi connectivity index (χ0v) is 14.7. The van der Waals surface area contributed by atoms with E-state index >= 15 is 0 Å². The van der Waals surface area contributed by atoms with Crippen LogP contribution in [0.1, 0.15) is 23.6 Å². The minimum Gasteiger partial charge on any atom is -0.319 e. The van der Waals surface area contributed by atoms with Gasteiger partial charge in [-0.25, -0.2) is 4.79 Å². The molecule has 1 saturated heterocycles. The van der Waals surface area contributed by atoms with Crippen LogP contribution in [-0.2, 0) is 16.9 Å². The van der Waals surface area contributed by atoms with E-state index in [2.05, 4.69) is 5.32 Å². The molecule has 0 spiro atoms. The zero-order chi connectivity index (χ0) is 18.2. The van der Waals surface area contributed by atoms with Crippen molar-refractivity contribution in [3.63, 3.8) is 0 Å². The molecule has 0 bridgehead atoms. The molecule has 0 aliphatic carbocycles. The van der Waals surface area contributed by atoms with Gasteiger partial charge in [0, 0.05) is 15.6 Å². The maximum Gasteiger partial charge on any atom is 0.325 e. The lowest BCUT2D eigenvalue weighted by atomic mass is 9.92. The Morgan fingerprint density at radius 3 is 2.44 bits per heavy atom. The van der Waals surface area contributed by atoms with E-state index in [-0.39, 0.29) is 6.54 Å². The molecular weight excluding hydrogens is 361 g/mol. The first-order valence-electron chi connectivity index (χ1n) is 7.44. The third-order valence-electron chi connectivity index (χ3n) is 4.17. The maximum absolute atomic E-state index is 12.9. The number of amides is 3. The Bertz CT molecular complexity index is 906. The predicted octanol–water partition coefficient (Wildman–Crippen LogP) is 3.83. The van der Waals surface area contributed by atoms with Crippen molar-refractivity contribution < 1.29 is 9.59 Å². The highest BCUT2D eigenvalue weighted by Crippen LogP contribution is 2.35. The van der Waals surface area contributed by atoms with Gasteiger partial charge in [-0.2, -0.15) is 5.26 Å². The normalized spacial score (nSPS) is 19.7. The highest BCUT2D eigenvalue weighted by Gasteiger charge is 2.49. The average molecular weight is 374 g/mol. The first kappa shape index (κ1) is 17.3. The van der Waals surface area contributed by atoms with Gasteiger partial charge in [0.25, 0.3) is 5.91 Å². The monoisotopic (exact) mass is 373 g/mol. The maximum atomic E-state index is 12.9. The Balaban J connectivity index is 1.90. The van der Waals surface area contributed by atoms with Crippen LogP contribution >= 0.6 is 23.2 Å². The third kappa shape index (κ3) is 3.07. The molecule has 2 aromatic carbocycles. The summed E-state index contributed by atoms with van der Waals surface area (Å²) in [5.41, 5.74) is 0.484. The van der Waals surface area contributed by atoms with Crippen molar-refractivity contribution >= 4 is 35.1 Å². The van der Waals surface area contributed by atoms with E-state index < -0.39 is 17.5 Å². The van der Waals surface area contributed by atoms with E-state index in [0.717, 1.165) is 10.5 Å². The number of imide groups is 1. The van der Waals surface area contributed by atoms with Gasteiger partial charge in [-0.15, -0.1) is 0 Å². The standard InChI is InChI=1S/C18H13Cl2N3O2/c1-18(14-7-6-13(19)8-15(14)20)16(24)23(17(25)22-18)10-12-4-2-11(9-21)3-5-12/h2-8H,10H2,1H3,(H,22,25)/t18-/m1/s1. The van der Waals surface area contributed by atoms with Crippen LogP contribution in [0.4, 0.5) is 4.79 Å². The molecule has 1 heterocycles. The van der Waals surface area contributed by atoms with Gasteiger partial charge in [-0.3, -0.25) is 9.69 Å². The molecule has 5 nitrogen and oxygen atoms in total. The van der Waals surface area contributed by atoms with Gasteiger partial charge in [-0.1, -0.05) is 41.4 Å².